The molecule has 0 radical (unpaired) electrons. The Morgan fingerprint density at radius 2 is 2.11 bits per heavy atom. The van der Waals surface area contributed by atoms with Gasteiger partial charge in [0.2, 0.25) is 5.91 Å². The molecule has 1 amide bonds. The molecule has 2 rings (SSSR count). The fourth-order valence-electron chi connectivity index (χ4n) is 1.75. The molecule has 1 aliphatic heterocycles. The Balaban J connectivity index is 1.60. The number of hydrogen-bond acceptors (Lipinski definition) is 3. The second-order valence-corrected chi connectivity index (χ2v) is 6.04. The van der Waals surface area contributed by atoms with Crippen molar-refractivity contribution >= 4 is 17.7 Å². The predicted molar refractivity (Wildman–Crippen MR) is 74.5 cm³/mol. The zero-order chi connectivity index (χ0) is 12.8. The average Bonchev–Trinajstić information content (AvgIpc) is 2.35. The van der Waals surface area contributed by atoms with Gasteiger partial charge in [0.1, 0.15) is 0 Å². The Morgan fingerprint density at radius 1 is 1.39 bits per heavy atom. The fraction of sp³-hybridized carbons (Fsp3) is 0.500. The largest absolute Gasteiger partial charge is 0.380 e. The first-order valence-electron chi connectivity index (χ1n) is 6.14. The van der Waals surface area contributed by atoms with Crippen LogP contribution >= 0.6 is 11.8 Å². The van der Waals surface area contributed by atoms with E-state index in [0.717, 1.165) is 25.5 Å². The molecule has 0 unspecified atom stereocenters. The highest BCUT2D eigenvalue weighted by Gasteiger charge is 2.33. The van der Waals surface area contributed by atoms with E-state index in [1.54, 1.807) is 11.8 Å². The van der Waals surface area contributed by atoms with Gasteiger partial charge < -0.3 is 10.1 Å². The van der Waals surface area contributed by atoms with Crippen molar-refractivity contribution in [3.05, 3.63) is 35.9 Å². The minimum absolute atomic E-state index is 0.115. The molecule has 1 saturated heterocycles. The van der Waals surface area contributed by atoms with Crippen LogP contribution in [0.2, 0.25) is 0 Å². The van der Waals surface area contributed by atoms with E-state index < -0.39 is 0 Å². The van der Waals surface area contributed by atoms with Crippen molar-refractivity contribution in [2.75, 3.05) is 25.5 Å². The van der Waals surface area contributed by atoms with Crippen LogP contribution in [0.15, 0.2) is 30.3 Å². The van der Waals surface area contributed by atoms with Crippen LogP contribution in [0.3, 0.4) is 0 Å². The summed E-state index contributed by atoms with van der Waals surface area (Å²) in [6.45, 7) is 4.36. The Hall–Kier alpha value is -1.00. The quantitative estimate of drug-likeness (QED) is 0.856. The van der Waals surface area contributed by atoms with Gasteiger partial charge in [0.05, 0.1) is 19.0 Å². The van der Waals surface area contributed by atoms with Crippen LogP contribution in [-0.4, -0.2) is 31.4 Å². The van der Waals surface area contributed by atoms with E-state index in [0.29, 0.717) is 5.75 Å². The van der Waals surface area contributed by atoms with Crippen LogP contribution in [-0.2, 0) is 15.3 Å². The molecule has 3 nitrogen and oxygen atoms in total. The summed E-state index contributed by atoms with van der Waals surface area (Å²) in [5.74, 6) is 1.52. The molecule has 4 heteroatoms. The first-order chi connectivity index (χ1) is 8.68. The number of nitrogens with one attached hydrogen (secondary N) is 1. The maximum Gasteiger partial charge on any atom is 0.230 e. The van der Waals surface area contributed by atoms with E-state index in [4.69, 9.17) is 4.74 Å². The highest BCUT2D eigenvalue weighted by atomic mass is 32.2. The number of rotatable bonds is 6. The maximum absolute atomic E-state index is 11.6. The Labute approximate surface area is 112 Å². The zero-order valence-corrected chi connectivity index (χ0v) is 11.5. The summed E-state index contributed by atoms with van der Waals surface area (Å²) >= 11 is 1.65. The zero-order valence-electron chi connectivity index (χ0n) is 10.6. The van der Waals surface area contributed by atoms with Crippen LogP contribution in [0.5, 0.6) is 0 Å². The molecule has 0 spiro atoms. The number of benzene rings is 1. The molecule has 0 atom stereocenters. The Bertz CT molecular complexity index is 390. The molecule has 98 valence electrons. The smallest absolute Gasteiger partial charge is 0.230 e. The minimum atomic E-state index is 0.115. The Kier molecular flexibility index (Phi) is 4.66. The van der Waals surface area contributed by atoms with Gasteiger partial charge in [0.15, 0.2) is 0 Å². The van der Waals surface area contributed by atoms with E-state index >= 15 is 0 Å². The van der Waals surface area contributed by atoms with Crippen LogP contribution < -0.4 is 5.32 Å². The second-order valence-electron chi connectivity index (χ2n) is 5.06. The molecule has 1 fully saturated rings. The molecule has 1 heterocycles. The first kappa shape index (κ1) is 13.4. The highest BCUT2D eigenvalue weighted by Crippen LogP contribution is 2.25. The standard InChI is InChI=1S/C14H19NO2S/c1-14(10-17-11-14)9-15-13(16)8-18-7-12-5-3-2-4-6-12/h2-6H,7-11H2,1H3,(H,15,16). The van der Waals surface area contributed by atoms with Gasteiger partial charge in [-0.1, -0.05) is 37.3 Å². The van der Waals surface area contributed by atoms with Crippen molar-refractivity contribution in [3.8, 4) is 0 Å². The third-order valence-corrected chi connectivity index (χ3v) is 3.96. The van der Waals surface area contributed by atoms with E-state index in [-0.39, 0.29) is 11.3 Å². The number of amides is 1. The molecule has 0 saturated carbocycles. The van der Waals surface area contributed by atoms with Gasteiger partial charge in [-0.25, -0.2) is 0 Å². The van der Waals surface area contributed by atoms with Gasteiger partial charge in [-0.15, -0.1) is 11.8 Å². The highest BCUT2D eigenvalue weighted by molar-refractivity contribution is 7.99. The third kappa shape index (κ3) is 4.03. The van der Waals surface area contributed by atoms with Crippen molar-refractivity contribution in [2.45, 2.75) is 12.7 Å². The van der Waals surface area contributed by atoms with Crippen molar-refractivity contribution in [2.24, 2.45) is 5.41 Å². The lowest BCUT2D eigenvalue weighted by Crippen LogP contribution is -2.48. The summed E-state index contributed by atoms with van der Waals surface area (Å²) in [6.07, 6.45) is 0. The molecule has 1 aromatic carbocycles. The van der Waals surface area contributed by atoms with Crippen molar-refractivity contribution in [1.29, 1.82) is 0 Å². The molecular weight excluding hydrogens is 246 g/mol. The molecule has 18 heavy (non-hydrogen) atoms. The van der Waals surface area contributed by atoms with Gasteiger partial charge in [0, 0.05) is 17.7 Å². The molecule has 0 aliphatic carbocycles. The van der Waals surface area contributed by atoms with Crippen LogP contribution in [0.25, 0.3) is 0 Å². The van der Waals surface area contributed by atoms with E-state index in [2.05, 4.69) is 24.4 Å². The van der Waals surface area contributed by atoms with Crippen molar-refractivity contribution in [3.63, 3.8) is 0 Å². The van der Waals surface area contributed by atoms with E-state index in [9.17, 15) is 4.79 Å². The fourth-order valence-corrected chi connectivity index (χ4v) is 2.57. The second kappa shape index (κ2) is 6.25. The number of ether oxygens (including phenoxy) is 1. The minimum Gasteiger partial charge on any atom is -0.380 e. The van der Waals surface area contributed by atoms with Gasteiger partial charge in [0.25, 0.3) is 0 Å². The van der Waals surface area contributed by atoms with Crippen molar-refractivity contribution < 1.29 is 9.53 Å². The number of carbonyl (C=O) groups is 1. The van der Waals surface area contributed by atoms with Gasteiger partial charge in [-0.2, -0.15) is 0 Å². The van der Waals surface area contributed by atoms with Gasteiger partial charge in [-0.3, -0.25) is 4.79 Å². The molecular formula is C14H19NO2S. The van der Waals surface area contributed by atoms with E-state index in [1.807, 2.05) is 18.2 Å². The van der Waals surface area contributed by atoms with Gasteiger partial charge in [-0.05, 0) is 5.56 Å². The lowest BCUT2D eigenvalue weighted by atomic mass is 9.89. The SMILES string of the molecule is CC1(CNC(=O)CSCc2ccccc2)COC1. The lowest BCUT2D eigenvalue weighted by molar-refractivity contribution is -0.124. The molecule has 0 bridgehead atoms. The van der Waals surface area contributed by atoms with Crippen LogP contribution in [0, 0.1) is 5.41 Å². The van der Waals surface area contributed by atoms with Crippen LogP contribution in [0.1, 0.15) is 12.5 Å². The summed E-state index contributed by atoms with van der Waals surface area (Å²) in [5.41, 5.74) is 1.41. The number of hydrogen-bond donors (Lipinski definition) is 1. The molecule has 1 N–H and O–H groups in total. The third-order valence-electron chi connectivity index (χ3n) is 2.96. The summed E-state index contributed by atoms with van der Waals surface area (Å²) < 4.78 is 5.15. The maximum atomic E-state index is 11.6. The monoisotopic (exact) mass is 265 g/mol. The van der Waals surface area contributed by atoms with Crippen LogP contribution in [0.4, 0.5) is 0 Å². The molecule has 1 aromatic rings. The number of carbonyl (C=O) groups excluding carboxylic acids is 1. The summed E-state index contributed by atoms with van der Waals surface area (Å²) in [5, 5.41) is 2.97. The number of thioether (sulfide) groups is 1. The lowest BCUT2D eigenvalue weighted by Gasteiger charge is -2.38. The Morgan fingerprint density at radius 3 is 2.72 bits per heavy atom. The summed E-state index contributed by atoms with van der Waals surface area (Å²) in [7, 11) is 0. The molecule has 0 aromatic heterocycles. The van der Waals surface area contributed by atoms with Gasteiger partial charge >= 0.3 is 0 Å². The summed E-state index contributed by atoms with van der Waals surface area (Å²) in [6, 6.07) is 10.2. The van der Waals surface area contributed by atoms with Crippen molar-refractivity contribution in [1.82, 2.24) is 5.32 Å². The topological polar surface area (TPSA) is 38.3 Å². The van der Waals surface area contributed by atoms with E-state index in [1.165, 1.54) is 5.56 Å². The average molecular weight is 265 g/mol. The predicted octanol–water partition coefficient (Wildman–Crippen LogP) is 2.07. The normalized spacial score (nSPS) is 16.9. The summed E-state index contributed by atoms with van der Waals surface area (Å²) in [4.78, 5) is 11.6. The first-order valence-corrected chi connectivity index (χ1v) is 7.30. The molecule has 1 aliphatic rings.